The molecule has 1 aliphatic heterocycles. The van der Waals surface area contributed by atoms with Gasteiger partial charge in [-0.05, 0) is 25.8 Å². The number of hydrogen-bond acceptors (Lipinski definition) is 6. The van der Waals surface area contributed by atoms with Gasteiger partial charge in [-0.15, -0.1) is 0 Å². The normalized spacial score (nSPS) is 22.0. The molecule has 1 unspecified atom stereocenters. The molecular weight excluding hydrogens is 398 g/mol. The number of carbonyl (C=O) groups is 1. The molecule has 4 rings (SSSR count). The highest BCUT2D eigenvalue weighted by molar-refractivity contribution is 5.76. The third-order valence-electron chi connectivity index (χ3n) is 5.38. The van der Waals surface area contributed by atoms with E-state index >= 15 is 0 Å². The number of alkyl halides is 2. The number of nitrogens with two attached hydrogens (primary N) is 1. The molecule has 9 nitrogen and oxygen atoms in total. The highest BCUT2D eigenvalue weighted by atomic mass is 19.3. The molecular formula is C19H26F2N6O3. The van der Waals surface area contributed by atoms with Crippen molar-refractivity contribution in [2.75, 3.05) is 26.8 Å². The first-order chi connectivity index (χ1) is 14.3. The summed E-state index contributed by atoms with van der Waals surface area (Å²) in [6.45, 7) is 0.580. The van der Waals surface area contributed by atoms with E-state index in [0.717, 1.165) is 17.7 Å². The molecule has 1 aliphatic carbocycles. The van der Waals surface area contributed by atoms with Crippen molar-refractivity contribution >= 4 is 11.7 Å². The van der Waals surface area contributed by atoms with Gasteiger partial charge in [0, 0.05) is 12.7 Å². The number of fused-ring (bicyclic) bond motifs is 1. The first-order valence-corrected chi connectivity index (χ1v) is 9.95. The van der Waals surface area contributed by atoms with Crippen molar-refractivity contribution in [2.45, 2.75) is 50.0 Å². The number of halogens is 2. The largest absolute Gasteiger partial charge is 0.382 e. The van der Waals surface area contributed by atoms with Crippen LogP contribution in [0.2, 0.25) is 0 Å². The average Bonchev–Trinajstić information content (AvgIpc) is 3.42. The van der Waals surface area contributed by atoms with E-state index in [1.807, 2.05) is 6.92 Å². The van der Waals surface area contributed by atoms with Crippen molar-refractivity contribution in [1.82, 2.24) is 24.8 Å². The van der Waals surface area contributed by atoms with Crippen LogP contribution in [-0.4, -0.2) is 70.5 Å². The van der Waals surface area contributed by atoms with Crippen LogP contribution in [0.4, 0.5) is 13.6 Å². The molecule has 0 spiro atoms. The van der Waals surface area contributed by atoms with E-state index < -0.39 is 37.1 Å². The monoisotopic (exact) mass is 424 g/mol. The highest BCUT2D eigenvalue weighted by Gasteiger charge is 2.42. The molecule has 2 amide bonds. The smallest absolute Gasteiger partial charge is 0.318 e. The number of rotatable bonds is 8. The molecule has 0 radical (unpaired) electrons. The standard InChI is InChI=1S/C19H26F2N6O3/c1-11(30-13-3-4-13)17(22)14-7-27-16(25-14)5-12(6-24-27)15(8-29-2)26-10-19(20,21)9-23-18(26)28/h5-7,11,13,15,17H,3-4,8-10,22H2,1-2H3,(H,23,28)/t11?,15-,17+/m1/s1. The molecule has 1 saturated carbocycles. The maximum Gasteiger partial charge on any atom is 0.318 e. The summed E-state index contributed by atoms with van der Waals surface area (Å²) in [6, 6.07) is -0.0130. The second-order valence-electron chi connectivity index (χ2n) is 7.94. The summed E-state index contributed by atoms with van der Waals surface area (Å²) in [5.41, 5.74) is 7.97. The van der Waals surface area contributed by atoms with Crippen molar-refractivity contribution in [2.24, 2.45) is 5.73 Å². The Kier molecular flexibility index (Phi) is 5.60. The minimum Gasteiger partial charge on any atom is -0.382 e. The van der Waals surface area contributed by atoms with Crippen molar-refractivity contribution in [3.8, 4) is 0 Å². The molecule has 164 valence electrons. The molecule has 2 aliphatic rings. The van der Waals surface area contributed by atoms with Gasteiger partial charge < -0.3 is 25.4 Å². The Balaban J connectivity index is 1.59. The third kappa shape index (κ3) is 4.37. The van der Waals surface area contributed by atoms with Gasteiger partial charge in [-0.1, -0.05) is 0 Å². The molecule has 30 heavy (non-hydrogen) atoms. The predicted octanol–water partition coefficient (Wildman–Crippen LogP) is 1.64. The van der Waals surface area contributed by atoms with E-state index in [2.05, 4.69) is 15.4 Å². The van der Waals surface area contributed by atoms with E-state index in [1.54, 1.807) is 16.8 Å². The summed E-state index contributed by atoms with van der Waals surface area (Å²) in [5.74, 6) is -3.03. The predicted molar refractivity (Wildman–Crippen MR) is 103 cm³/mol. The van der Waals surface area contributed by atoms with E-state index in [1.165, 1.54) is 13.3 Å². The zero-order chi connectivity index (χ0) is 21.5. The Morgan fingerprint density at radius 3 is 2.90 bits per heavy atom. The molecule has 0 aromatic carbocycles. The number of carbonyl (C=O) groups excluding carboxylic acids is 1. The van der Waals surface area contributed by atoms with Gasteiger partial charge >= 0.3 is 6.03 Å². The number of urea groups is 1. The molecule has 2 aromatic rings. The van der Waals surface area contributed by atoms with Crippen molar-refractivity contribution in [3.05, 3.63) is 29.7 Å². The van der Waals surface area contributed by atoms with Gasteiger partial charge in [-0.2, -0.15) is 5.10 Å². The Labute approximate surface area is 172 Å². The number of nitrogens with zero attached hydrogens (tertiary/aromatic N) is 4. The van der Waals surface area contributed by atoms with Crippen LogP contribution in [0.1, 0.15) is 43.1 Å². The second-order valence-corrected chi connectivity index (χ2v) is 7.94. The van der Waals surface area contributed by atoms with Crippen LogP contribution < -0.4 is 11.1 Å². The van der Waals surface area contributed by atoms with Gasteiger partial charge in [0.15, 0.2) is 5.65 Å². The molecule has 2 fully saturated rings. The zero-order valence-electron chi connectivity index (χ0n) is 16.9. The van der Waals surface area contributed by atoms with Crippen molar-refractivity contribution in [3.63, 3.8) is 0 Å². The number of imidazole rings is 1. The first kappa shape index (κ1) is 20.9. The van der Waals surface area contributed by atoms with Crippen LogP contribution in [0.15, 0.2) is 18.5 Å². The Hall–Kier alpha value is -2.37. The molecule has 3 N–H and O–H groups in total. The van der Waals surface area contributed by atoms with E-state index in [4.69, 9.17) is 15.2 Å². The van der Waals surface area contributed by atoms with Crippen molar-refractivity contribution < 1.29 is 23.0 Å². The Morgan fingerprint density at radius 2 is 2.20 bits per heavy atom. The maximum atomic E-state index is 13.9. The van der Waals surface area contributed by atoms with Crippen LogP contribution in [0.5, 0.6) is 0 Å². The summed E-state index contributed by atoms with van der Waals surface area (Å²) in [6.07, 6.45) is 5.44. The average molecular weight is 424 g/mol. The maximum absolute atomic E-state index is 13.9. The van der Waals surface area contributed by atoms with Gasteiger partial charge in [0.25, 0.3) is 5.92 Å². The number of methoxy groups -OCH3 is 1. The summed E-state index contributed by atoms with van der Waals surface area (Å²) in [5, 5.41) is 6.56. The van der Waals surface area contributed by atoms with Crippen LogP contribution >= 0.6 is 0 Å². The van der Waals surface area contributed by atoms with Gasteiger partial charge in [-0.3, -0.25) is 0 Å². The summed E-state index contributed by atoms with van der Waals surface area (Å²) in [7, 11) is 1.45. The van der Waals surface area contributed by atoms with Gasteiger partial charge in [0.2, 0.25) is 0 Å². The number of amides is 2. The van der Waals surface area contributed by atoms with Crippen LogP contribution in [0, 0.1) is 0 Å². The summed E-state index contributed by atoms with van der Waals surface area (Å²) >= 11 is 0. The SMILES string of the molecule is COC[C@H](c1cnn2cc([C@@H](N)C(C)OC3CC3)nc2c1)N1CC(F)(F)CNC1=O. The first-order valence-electron chi connectivity index (χ1n) is 9.95. The van der Waals surface area contributed by atoms with E-state index in [9.17, 15) is 13.6 Å². The summed E-state index contributed by atoms with van der Waals surface area (Å²) < 4.78 is 40.4. The number of nitrogens with one attached hydrogen (secondary N) is 1. The lowest BCUT2D eigenvalue weighted by Crippen LogP contribution is -2.58. The highest BCUT2D eigenvalue weighted by Crippen LogP contribution is 2.30. The lowest BCUT2D eigenvalue weighted by atomic mass is 10.1. The van der Waals surface area contributed by atoms with Gasteiger partial charge in [0.1, 0.15) is 0 Å². The molecule has 3 heterocycles. The Bertz CT molecular complexity index is 919. The quantitative estimate of drug-likeness (QED) is 0.667. The summed E-state index contributed by atoms with van der Waals surface area (Å²) in [4.78, 5) is 17.9. The molecule has 3 atom stereocenters. The van der Waals surface area contributed by atoms with Crippen LogP contribution in [-0.2, 0) is 9.47 Å². The van der Waals surface area contributed by atoms with Crippen molar-refractivity contribution in [1.29, 1.82) is 0 Å². The number of hydrogen-bond donors (Lipinski definition) is 2. The molecule has 11 heteroatoms. The van der Waals surface area contributed by atoms with E-state index in [0.29, 0.717) is 16.9 Å². The fourth-order valence-corrected chi connectivity index (χ4v) is 3.54. The fraction of sp³-hybridized carbons (Fsp3) is 0.632. The minimum atomic E-state index is -3.03. The topological polar surface area (TPSA) is 107 Å². The van der Waals surface area contributed by atoms with E-state index in [-0.39, 0.29) is 18.8 Å². The Morgan fingerprint density at radius 1 is 1.43 bits per heavy atom. The molecule has 1 saturated heterocycles. The molecule has 0 bridgehead atoms. The minimum absolute atomic E-state index is 0.0424. The van der Waals surface area contributed by atoms with Crippen LogP contribution in [0.25, 0.3) is 5.65 Å². The molecule has 2 aromatic heterocycles. The zero-order valence-corrected chi connectivity index (χ0v) is 16.9. The third-order valence-corrected chi connectivity index (χ3v) is 5.38. The lowest BCUT2D eigenvalue weighted by molar-refractivity contribution is -0.0509. The number of aromatic nitrogens is 3. The van der Waals surface area contributed by atoms with Gasteiger partial charge in [0.05, 0.1) is 62.1 Å². The second kappa shape index (κ2) is 8.05. The fourth-order valence-electron chi connectivity index (χ4n) is 3.54. The number of ether oxygens (including phenoxy) is 2. The lowest BCUT2D eigenvalue weighted by Gasteiger charge is -2.38. The van der Waals surface area contributed by atoms with Crippen LogP contribution in [0.3, 0.4) is 0 Å². The van der Waals surface area contributed by atoms with Gasteiger partial charge in [-0.25, -0.2) is 23.1 Å².